The van der Waals surface area contributed by atoms with E-state index in [2.05, 4.69) is 31.2 Å². The fourth-order valence-electron chi connectivity index (χ4n) is 2.08. The summed E-state index contributed by atoms with van der Waals surface area (Å²) >= 11 is 0. The molecule has 0 aliphatic carbocycles. The van der Waals surface area contributed by atoms with E-state index in [-0.39, 0.29) is 5.91 Å². The summed E-state index contributed by atoms with van der Waals surface area (Å²) in [7, 11) is 1.85. The predicted octanol–water partition coefficient (Wildman–Crippen LogP) is 3.14. The molecule has 1 atom stereocenters. The summed E-state index contributed by atoms with van der Waals surface area (Å²) in [5.74, 6) is 0.627. The summed E-state index contributed by atoms with van der Waals surface area (Å²) in [6.07, 6.45) is 2.71. The third-order valence-corrected chi connectivity index (χ3v) is 3.49. The summed E-state index contributed by atoms with van der Waals surface area (Å²) < 4.78 is 5.27. The second-order valence-electron chi connectivity index (χ2n) is 5.35. The molecule has 112 valence electrons. The van der Waals surface area contributed by atoms with Crippen molar-refractivity contribution in [2.75, 3.05) is 26.8 Å². The Hall–Kier alpha value is -1.35. The Balaban J connectivity index is 2.23. The Morgan fingerprint density at radius 1 is 1.30 bits per heavy atom. The van der Waals surface area contributed by atoms with Gasteiger partial charge in [-0.3, -0.25) is 4.79 Å². The number of carbonyl (C=O) groups excluding carboxylic acids is 1. The van der Waals surface area contributed by atoms with Gasteiger partial charge in [0, 0.05) is 26.6 Å². The van der Waals surface area contributed by atoms with Crippen LogP contribution >= 0.6 is 0 Å². The lowest BCUT2D eigenvalue weighted by atomic mass is 9.98. The lowest BCUT2D eigenvalue weighted by molar-refractivity contribution is -0.131. The lowest BCUT2D eigenvalue weighted by Crippen LogP contribution is -2.31. The molecule has 0 saturated heterocycles. The monoisotopic (exact) mass is 277 g/mol. The maximum Gasteiger partial charge on any atom is 0.222 e. The maximum absolute atomic E-state index is 12.0. The molecule has 0 aliphatic heterocycles. The van der Waals surface area contributed by atoms with E-state index >= 15 is 0 Å². The molecule has 0 bridgehead atoms. The number of nitrogens with zero attached hydrogens (tertiary/aromatic N) is 1. The van der Waals surface area contributed by atoms with Crippen LogP contribution in [-0.4, -0.2) is 37.6 Å². The Morgan fingerprint density at radius 3 is 2.65 bits per heavy atom. The molecule has 1 amide bonds. The predicted molar refractivity (Wildman–Crippen MR) is 82.7 cm³/mol. The molecule has 1 aromatic rings. The van der Waals surface area contributed by atoms with Crippen LogP contribution < -0.4 is 0 Å². The van der Waals surface area contributed by atoms with Crippen molar-refractivity contribution >= 4 is 5.91 Å². The van der Waals surface area contributed by atoms with E-state index in [1.54, 1.807) is 4.90 Å². The number of rotatable bonds is 9. The van der Waals surface area contributed by atoms with Crippen LogP contribution in [0.4, 0.5) is 0 Å². The molecule has 20 heavy (non-hydrogen) atoms. The van der Waals surface area contributed by atoms with Crippen molar-refractivity contribution in [3.05, 3.63) is 35.9 Å². The average Bonchev–Trinajstić information content (AvgIpc) is 2.46. The third kappa shape index (κ3) is 6.71. The van der Waals surface area contributed by atoms with Gasteiger partial charge in [-0.1, -0.05) is 37.3 Å². The molecular weight excluding hydrogens is 250 g/mol. The largest absolute Gasteiger partial charge is 0.380 e. The van der Waals surface area contributed by atoms with Crippen LogP contribution in [0.5, 0.6) is 0 Å². The van der Waals surface area contributed by atoms with Gasteiger partial charge in [0.15, 0.2) is 0 Å². The number of aryl methyl sites for hydroxylation is 1. The van der Waals surface area contributed by atoms with Crippen LogP contribution in [0.25, 0.3) is 0 Å². The van der Waals surface area contributed by atoms with Crippen molar-refractivity contribution in [1.82, 2.24) is 4.90 Å². The fraction of sp³-hybridized carbons (Fsp3) is 0.588. The van der Waals surface area contributed by atoms with Gasteiger partial charge in [-0.15, -0.1) is 0 Å². The Labute approximate surface area is 122 Å². The molecule has 1 unspecified atom stereocenters. The summed E-state index contributed by atoms with van der Waals surface area (Å²) in [6, 6.07) is 10.4. The normalized spacial score (nSPS) is 12.2. The second kappa shape index (κ2) is 9.54. The van der Waals surface area contributed by atoms with Crippen molar-refractivity contribution in [3.8, 4) is 0 Å². The molecule has 0 spiro atoms. The first-order chi connectivity index (χ1) is 9.63. The molecule has 3 nitrogen and oxygen atoms in total. The minimum atomic E-state index is 0.213. The minimum Gasteiger partial charge on any atom is -0.380 e. The molecule has 0 radical (unpaired) electrons. The highest BCUT2D eigenvalue weighted by Crippen LogP contribution is 2.13. The number of hydrogen-bond donors (Lipinski definition) is 0. The van der Waals surface area contributed by atoms with E-state index < -0.39 is 0 Å². The second-order valence-corrected chi connectivity index (χ2v) is 5.35. The average molecular weight is 277 g/mol. The van der Waals surface area contributed by atoms with Gasteiger partial charge in [-0.25, -0.2) is 0 Å². The van der Waals surface area contributed by atoms with E-state index in [0.29, 0.717) is 32.1 Å². The molecule has 0 saturated carbocycles. The summed E-state index contributed by atoms with van der Waals surface area (Å²) in [4.78, 5) is 13.8. The zero-order valence-electron chi connectivity index (χ0n) is 13.0. The molecule has 0 aromatic heterocycles. The van der Waals surface area contributed by atoms with Crippen molar-refractivity contribution in [2.45, 2.75) is 33.1 Å². The van der Waals surface area contributed by atoms with Gasteiger partial charge in [0.2, 0.25) is 5.91 Å². The van der Waals surface area contributed by atoms with Gasteiger partial charge in [0.1, 0.15) is 0 Å². The highest BCUT2D eigenvalue weighted by molar-refractivity contribution is 5.76. The Morgan fingerprint density at radius 2 is 2.00 bits per heavy atom. The number of amides is 1. The van der Waals surface area contributed by atoms with Gasteiger partial charge < -0.3 is 9.64 Å². The molecule has 0 N–H and O–H groups in total. The summed E-state index contributed by atoms with van der Waals surface area (Å²) in [5, 5.41) is 0. The molecule has 3 heteroatoms. The topological polar surface area (TPSA) is 29.5 Å². The van der Waals surface area contributed by atoms with Crippen LogP contribution in [0.3, 0.4) is 0 Å². The van der Waals surface area contributed by atoms with Crippen LogP contribution in [0, 0.1) is 5.92 Å². The smallest absolute Gasteiger partial charge is 0.222 e. The quantitative estimate of drug-likeness (QED) is 0.649. The summed E-state index contributed by atoms with van der Waals surface area (Å²) in [6.45, 7) is 6.12. The SMILES string of the molecule is CCOCCN(C)C(=O)CC(C)CCc1ccccc1. The van der Waals surface area contributed by atoms with E-state index in [1.165, 1.54) is 5.56 Å². The first-order valence-corrected chi connectivity index (χ1v) is 7.49. The third-order valence-electron chi connectivity index (χ3n) is 3.49. The highest BCUT2D eigenvalue weighted by atomic mass is 16.5. The molecule has 1 rings (SSSR count). The van der Waals surface area contributed by atoms with Crippen molar-refractivity contribution in [3.63, 3.8) is 0 Å². The first-order valence-electron chi connectivity index (χ1n) is 7.49. The number of hydrogen-bond acceptors (Lipinski definition) is 2. The van der Waals surface area contributed by atoms with Crippen molar-refractivity contribution in [2.24, 2.45) is 5.92 Å². The summed E-state index contributed by atoms with van der Waals surface area (Å²) in [5.41, 5.74) is 1.34. The highest BCUT2D eigenvalue weighted by Gasteiger charge is 2.13. The van der Waals surface area contributed by atoms with Gasteiger partial charge in [0.25, 0.3) is 0 Å². The lowest BCUT2D eigenvalue weighted by Gasteiger charge is -2.19. The van der Waals surface area contributed by atoms with Crippen LogP contribution in [0.15, 0.2) is 30.3 Å². The van der Waals surface area contributed by atoms with Crippen LogP contribution in [0.2, 0.25) is 0 Å². The van der Waals surface area contributed by atoms with Gasteiger partial charge in [0.05, 0.1) is 6.61 Å². The zero-order valence-corrected chi connectivity index (χ0v) is 13.0. The van der Waals surface area contributed by atoms with E-state index in [1.807, 2.05) is 20.0 Å². The zero-order chi connectivity index (χ0) is 14.8. The molecule has 0 heterocycles. The van der Waals surface area contributed by atoms with Gasteiger partial charge >= 0.3 is 0 Å². The molecule has 0 fully saturated rings. The van der Waals surface area contributed by atoms with E-state index in [4.69, 9.17) is 4.74 Å². The minimum absolute atomic E-state index is 0.213. The first kappa shape index (κ1) is 16.7. The molecular formula is C17H27NO2. The Kier molecular flexibility index (Phi) is 7.97. The van der Waals surface area contributed by atoms with Crippen LogP contribution in [0.1, 0.15) is 32.3 Å². The van der Waals surface area contributed by atoms with Crippen molar-refractivity contribution < 1.29 is 9.53 Å². The Bertz CT molecular complexity index is 378. The number of benzene rings is 1. The van der Waals surface area contributed by atoms with Crippen molar-refractivity contribution in [1.29, 1.82) is 0 Å². The number of carbonyl (C=O) groups is 1. The molecule has 0 aliphatic rings. The number of ether oxygens (including phenoxy) is 1. The van der Waals surface area contributed by atoms with Gasteiger partial charge in [-0.05, 0) is 31.2 Å². The van der Waals surface area contributed by atoms with Crippen LogP contribution in [-0.2, 0) is 16.0 Å². The fourth-order valence-corrected chi connectivity index (χ4v) is 2.08. The maximum atomic E-state index is 12.0. The molecule has 1 aromatic carbocycles. The van der Waals surface area contributed by atoms with E-state index in [9.17, 15) is 4.79 Å². The van der Waals surface area contributed by atoms with E-state index in [0.717, 1.165) is 12.8 Å². The van der Waals surface area contributed by atoms with Gasteiger partial charge in [-0.2, -0.15) is 0 Å². The standard InChI is InChI=1S/C17H27NO2/c1-4-20-13-12-18(3)17(19)14-15(2)10-11-16-8-6-5-7-9-16/h5-9,15H,4,10-14H2,1-3H3. The number of likely N-dealkylation sites (N-methyl/N-ethyl adjacent to an activating group) is 1.